The highest BCUT2D eigenvalue weighted by Crippen LogP contribution is 2.32. The van der Waals surface area contributed by atoms with E-state index in [0.29, 0.717) is 55.9 Å². The Morgan fingerprint density at radius 1 is 1.11 bits per heavy atom. The summed E-state index contributed by atoms with van der Waals surface area (Å²) in [6, 6.07) is 5.95. The lowest BCUT2D eigenvalue weighted by molar-refractivity contribution is 0.105. The predicted octanol–water partition coefficient (Wildman–Crippen LogP) is 2.75. The van der Waals surface area contributed by atoms with E-state index in [1.165, 1.54) is 6.33 Å². The first-order chi connectivity index (χ1) is 13.0. The van der Waals surface area contributed by atoms with Crippen LogP contribution in [0.4, 0.5) is 16.3 Å². The Morgan fingerprint density at radius 3 is 2.41 bits per heavy atom. The van der Waals surface area contributed by atoms with Crippen LogP contribution < -0.4 is 15.4 Å². The number of carbonyl (C=O) groups is 1. The van der Waals surface area contributed by atoms with Gasteiger partial charge in [-0.1, -0.05) is 6.07 Å². The van der Waals surface area contributed by atoms with Gasteiger partial charge in [-0.25, -0.2) is 9.78 Å². The van der Waals surface area contributed by atoms with E-state index < -0.39 is 0 Å². The summed E-state index contributed by atoms with van der Waals surface area (Å²) in [5.74, 6) is 1.64. The van der Waals surface area contributed by atoms with E-state index in [9.17, 15) is 4.79 Å². The fraction of sp³-hybridized carbons (Fsp3) is 0.421. The van der Waals surface area contributed by atoms with Crippen molar-refractivity contribution in [1.29, 1.82) is 0 Å². The van der Waals surface area contributed by atoms with Crippen molar-refractivity contribution in [1.82, 2.24) is 14.9 Å². The Morgan fingerprint density at radius 2 is 1.78 bits per heavy atom. The van der Waals surface area contributed by atoms with Crippen molar-refractivity contribution < 1.29 is 14.3 Å². The van der Waals surface area contributed by atoms with E-state index in [4.69, 9.17) is 15.2 Å². The minimum Gasteiger partial charge on any atom is -0.450 e. The largest absolute Gasteiger partial charge is 0.450 e. The first-order valence-electron chi connectivity index (χ1n) is 9.01. The zero-order valence-electron chi connectivity index (χ0n) is 15.9. The van der Waals surface area contributed by atoms with Gasteiger partial charge in [0.15, 0.2) is 5.82 Å². The normalized spacial score (nSPS) is 14.2. The zero-order valence-corrected chi connectivity index (χ0v) is 15.9. The van der Waals surface area contributed by atoms with Crippen LogP contribution in [0.2, 0.25) is 0 Å². The molecule has 1 amide bonds. The second-order valence-electron chi connectivity index (χ2n) is 6.51. The monoisotopic (exact) mass is 371 g/mol. The van der Waals surface area contributed by atoms with Gasteiger partial charge in [0.2, 0.25) is 5.88 Å². The molecule has 2 N–H and O–H groups in total. The first-order valence-corrected chi connectivity index (χ1v) is 9.01. The van der Waals surface area contributed by atoms with Crippen molar-refractivity contribution in [2.75, 3.05) is 43.4 Å². The van der Waals surface area contributed by atoms with Crippen molar-refractivity contribution >= 4 is 17.6 Å². The van der Waals surface area contributed by atoms with Gasteiger partial charge >= 0.3 is 6.09 Å². The number of nitrogens with two attached hydrogens (primary N) is 1. The molecule has 2 aromatic rings. The van der Waals surface area contributed by atoms with Gasteiger partial charge in [0.25, 0.3) is 0 Å². The van der Waals surface area contributed by atoms with Crippen LogP contribution in [0.5, 0.6) is 11.6 Å². The molecule has 3 rings (SSSR count). The van der Waals surface area contributed by atoms with E-state index in [-0.39, 0.29) is 6.09 Å². The summed E-state index contributed by atoms with van der Waals surface area (Å²) in [4.78, 5) is 24.1. The van der Waals surface area contributed by atoms with Gasteiger partial charge in [0.1, 0.15) is 17.8 Å². The third-order valence-electron chi connectivity index (χ3n) is 4.34. The van der Waals surface area contributed by atoms with Crippen molar-refractivity contribution in [3.63, 3.8) is 0 Å². The van der Waals surface area contributed by atoms with Crippen LogP contribution in [-0.4, -0.2) is 53.7 Å². The van der Waals surface area contributed by atoms with Gasteiger partial charge in [-0.15, -0.1) is 0 Å². The topological polar surface area (TPSA) is 93.8 Å². The molecule has 27 heavy (non-hydrogen) atoms. The number of rotatable bonds is 4. The molecule has 8 heteroatoms. The molecule has 1 fully saturated rings. The lowest BCUT2D eigenvalue weighted by atomic mass is 10.1. The maximum Gasteiger partial charge on any atom is 0.409 e. The molecule has 0 atom stereocenters. The molecule has 0 spiro atoms. The van der Waals surface area contributed by atoms with Crippen LogP contribution in [0.1, 0.15) is 18.1 Å². The number of piperazine rings is 1. The van der Waals surface area contributed by atoms with Crippen LogP contribution in [-0.2, 0) is 4.74 Å². The van der Waals surface area contributed by atoms with Crippen LogP contribution in [0.25, 0.3) is 0 Å². The van der Waals surface area contributed by atoms with E-state index in [0.717, 1.165) is 11.1 Å². The van der Waals surface area contributed by atoms with Crippen molar-refractivity contribution in [2.45, 2.75) is 20.8 Å². The fourth-order valence-corrected chi connectivity index (χ4v) is 3.12. The number of hydrogen-bond acceptors (Lipinski definition) is 7. The summed E-state index contributed by atoms with van der Waals surface area (Å²) >= 11 is 0. The van der Waals surface area contributed by atoms with Crippen LogP contribution in [0.3, 0.4) is 0 Å². The van der Waals surface area contributed by atoms with E-state index in [1.54, 1.807) is 11.8 Å². The number of hydrogen-bond donors (Lipinski definition) is 1. The highest BCUT2D eigenvalue weighted by molar-refractivity contribution is 5.70. The summed E-state index contributed by atoms with van der Waals surface area (Å²) in [6.45, 7) is 8.52. The summed E-state index contributed by atoms with van der Waals surface area (Å²) in [5.41, 5.74) is 8.88. The number of aromatic nitrogens is 2. The Balaban J connectivity index is 1.73. The molecule has 1 aliphatic rings. The average Bonchev–Trinajstić information content (AvgIpc) is 2.63. The highest BCUT2D eigenvalue weighted by atomic mass is 16.6. The molecule has 8 nitrogen and oxygen atoms in total. The minimum absolute atomic E-state index is 0.286. The SMILES string of the molecule is CCOC(=O)N1CCN(c2ncnc(Oc3cc(C)cc(C)c3)c2N)CC1. The minimum atomic E-state index is -0.286. The summed E-state index contributed by atoms with van der Waals surface area (Å²) in [6.07, 6.45) is 1.16. The third-order valence-corrected chi connectivity index (χ3v) is 4.34. The Bertz CT molecular complexity index is 799. The number of nitrogens with zero attached hydrogens (tertiary/aromatic N) is 4. The molecule has 1 saturated heterocycles. The maximum atomic E-state index is 11.8. The van der Waals surface area contributed by atoms with Gasteiger partial charge in [0, 0.05) is 26.2 Å². The van der Waals surface area contributed by atoms with Crippen molar-refractivity contribution in [3.05, 3.63) is 35.7 Å². The molecular formula is C19H25N5O3. The Hall–Kier alpha value is -3.03. The molecule has 2 heterocycles. The van der Waals surface area contributed by atoms with Crippen LogP contribution in [0, 0.1) is 13.8 Å². The molecule has 144 valence electrons. The van der Waals surface area contributed by atoms with Crippen LogP contribution in [0.15, 0.2) is 24.5 Å². The molecule has 0 aliphatic carbocycles. The smallest absolute Gasteiger partial charge is 0.409 e. The number of carbonyl (C=O) groups excluding carboxylic acids is 1. The number of nitrogen functional groups attached to an aromatic ring is 1. The van der Waals surface area contributed by atoms with Gasteiger partial charge in [-0.2, -0.15) is 4.98 Å². The number of amides is 1. The van der Waals surface area contributed by atoms with Gasteiger partial charge in [-0.3, -0.25) is 0 Å². The zero-order chi connectivity index (χ0) is 19.4. The van der Waals surface area contributed by atoms with Gasteiger partial charge in [0.05, 0.1) is 6.61 Å². The molecule has 1 aliphatic heterocycles. The lowest BCUT2D eigenvalue weighted by Gasteiger charge is -2.35. The number of benzene rings is 1. The third kappa shape index (κ3) is 4.39. The quantitative estimate of drug-likeness (QED) is 0.883. The van der Waals surface area contributed by atoms with E-state index >= 15 is 0 Å². The Labute approximate surface area is 158 Å². The summed E-state index contributed by atoms with van der Waals surface area (Å²) < 4.78 is 11.0. The molecule has 0 radical (unpaired) electrons. The molecule has 1 aromatic carbocycles. The van der Waals surface area contributed by atoms with Crippen LogP contribution >= 0.6 is 0 Å². The number of aryl methyl sites for hydroxylation is 2. The molecule has 0 bridgehead atoms. The highest BCUT2D eigenvalue weighted by Gasteiger charge is 2.25. The predicted molar refractivity (Wildman–Crippen MR) is 103 cm³/mol. The number of anilines is 2. The van der Waals surface area contributed by atoms with Crippen molar-refractivity contribution in [2.24, 2.45) is 0 Å². The Kier molecular flexibility index (Phi) is 5.63. The molecular weight excluding hydrogens is 346 g/mol. The van der Waals surface area contributed by atoms with Crippen molar-refractivity contribution in [3.8, 4) is 11.6 Å². The fourth-order valence-electron chi connectivity index (χ4n) is 3.12. The molecule has 0 unspecified atom stereocenters. The summed E-state index contributed by atoms with van der Waals surface area (Å²) in [7, 11) is 0. The second-order valence-corrected chi connectivity index (χ2v) is 6.51. The standard InChI is InChI=1S/C19H25N5O3/c1-4-26-19(25)24-7-5-23(6-8-24)17-16(20)18(22-12-21-17)27-15-10-13(2)9-14(3)11-15/h9-12H,4-8,20H2,1-3H3. The molecule has 1 aromatic heterocycles. The van der Waals surface area contributed by atoms with E-state index in [2.05, 4.69) is 16.0 Å². The molecule has 0 saturated carbocycles. The van der Waals surface area contributed by atoms with Gasteiger partial charge < -0.3 is 25.0 Å². The number of ether oxygens (including phenoxy) is 2. The average molecular weight is 371 g/mol. The van der Waals surface area contributed by atoms with E-state index in [1.807, 2.05) is 30.9 Å². The first kappa shape index (κ1) is 18.8. The lowest BCUT2D eigenvalue weighted by Crippen LogP contribution is -2.49. The van der Waals surface area contributed by atoms with Gasteiger partial charge in [-0.05, 0) is 44.0 Å². The summed E-state index contributed by atoms with van der Waals surface area (Å²) in [5, 5.41) is 0. The second kappa shape index (κ2) is 8.11. The maximum absolute atomic E-state index is 11.8.